The maximum absolute atomic E-state index is 14.1. The summed E-state index contributed by atoms with van der Waals surface area (Å²) in [5.74, 6) is 0. The minimum atomic E-state index is -5.55. The number of halogens is 6. The summed E-state index contributed by atoms with van der Waals surface area (Å²) >= 11 is 0. The molecule has 2 rings (SSSR count). The predicted molar refractivity (Wildman–Crippen MR) is 89.4 cm³/mol. The molecule has 0 spiro atoms. The minimum absolute atomic E-state index is 0.346. The van der Waals surface area contributed by atoms with Gasteiger partial charge in [0.2, 0.25) is 5.41 Å². The molecule has 6 heteroatoms. The van der Waals surface area contributed by atoms with Crippen LogP contribution in [0.25, 0.3) is 0 Å². The van der Waals surface area contributed by atoms with Crippen molar-refractivity contribution in [2.75, 3.05) is 0 Å². The van der Waals surface area contributed by atoms with Gasteiger partial charge in [0.05, 0.1) is 0 Å². The molecule has 0 heterocycles. The number of hydrogen-bond donors (Lipinski definition) is 0. The summed E-state index contributed by atoms with van der Waals surface area (Å²) in [4.78, 5) is 0. The molecule has 0 aliphatic rings. The quantitative estimate of drug-likeness (QED) is 0.532. The largest absolute Gasteiger partial charge is 0.411 e. The Labute approximate surface area is 148 Å². The van der Waals surface area contributed by atoms with Gasteiger partial charge in [-0.3, -0.25) is 0 Å². The van der Waals surface area contributed by atoms with Crippen LogP contribution in [0.3, 0.4) is 0 Å². The van der Waals surface area contributed by atoms with Crippen LogP contribution in [-0.4, -0.2) is 12.4 Å². The Morgan fingerprint density at radius 1 is 0.654 bits per heavy atom. The zero-order valence-corrected chi connectivity index (χ0v) is 14.9. The molecule has 2 aromatic carbocycles. The number of aryl methyl sites for hydroxylation is 4. The van der Waals surface area contributed by atoms with Gasteiger partial charge < -0.3 is 0 Å². The first-order valence-corrected chi connectivity index (χ1v) is 8.17. The van der Waals surface area contributed by atoms with E-state index in [1.165, 1.54) is 19.1 Å². The second-order valence-electron chi connectivity index (χ2n) is 6.54. The summed E-state index contributed by atoms with van der Waals surface area (Å²) in [7, 11) is 0. The highest BCUT2D eigenvalue weighted by molar-refractivity contribution is 5.48. The van der Waals surface area contributed by atoms with Crippen molar-refractivity contribution < 1.29 is 26.3 Å². The van der Waals surface area contributed by atoms with Gasteiger partial charge in [0.15, 0.2) is 0 Å². The van der Waals surface area contributed by atoms with Crippen LogP contribution >= 0.6 is 0 Å². The van der Waals surface area contributed by atoms with E-state index in [1.807, 2.05) is 0 Å². The standard InChI is InChI=1S/C20H20F6/c1-5-15-11-17(9-7-13(15)3)18(19(21,22)23,20(24,25)26)16-8-6-12(2)14(4)10-16/h6-11H,5H2,1-4H3. The van der Waals surface area contributed by atoms with Gasteiger partial charge in [0.25, 0.3) is 0 Å². The topological polar surface area (TPSA) is 0 Å². The third-order valence-corrected chi connectivity index (χ3v) is 4.95. The van der Waals surface area contributed by atoms with Crippen molar-refractivity contribution in [2.24, 2.45) is 0 Å². The van der Waals surface area contributed by atoms with Gasteiger partial charge >= 0.3 is 12.4 Å². The molecule has 0 radical (unpaired) electrons. The van der Waals surface area contributed by atoms with Crippen LogP contribution in [0.4, 0.5) is 26.3 Å². The second kappa shape index (κ2) is 6.63. The normalized spacial score (nSPS) is 13.2. The Bertz CT molecular complexity index is 785. The summed E-state index contributed by atoms with van der Waals surface area (Å²) in [6, 6.07) is 6.50. The maximum Gasteiger partial charge on any atom is 0.411 e. The maximum atomic E-state index is 14.1. The van der Waals surface area contributed by atoms with Gasteiger partial charge in [0, 0.05) is 0 Å². The second-order valence-corrected chi connectivity index (χ2v) is 6.54. The summed E-state index contributed by atoms with van der Waals surface area (Å²) in [5.41, 5.74) is -3.56. The van der Waals surface area contributed by atoms with Crippen LogP contribution in [0, 0.1) is 20.8 Å². The Balaban J connectivity index is 2.96. The Morgan fingerprint density at radius 2 is 1.12 bits per heavy atom. The van der Waals surface area contributed by atoms with Gasteiger partial charge in [0.1, 0.15) is 0 Å². The smallest absolute Gasteiger partial charge is 0.169 e. The molecular formula is C20H20F6. The van der Waals surface area contributed by atoms with Gasteiger partial charge in [-0.05, 0) is 60.6 Å². The van der Waals surface area contributed by atoms with Crippen LogP contribution < -0.4 is 0 Å². The fourth-order valence-electron chi connectivity index (χ4n) is 3.24. The first-order valence-electron chi connectivity index (χ1n) is 8.17. The van der Waals surface area contributed by atoms with E-state index in [0.717, 1.165) is 24.3 Å². The van der Waals surface area contributed by atoms with E-state index in [2.05, 4.69) is 0 Å². The monoisotopic (exact) mass is 374 g/mol. The number of hydrogen-bond acceptors (Lipinski definition) is 0. The number of alkyl halides is 6. The van der Waals surface area contributed by atoms with E-state index in [1.54, 1.807) is 20.8 Å². The van der Waals surface area contributed by atoms with Crippen molar-refractivity contribution in [3.63, 3.8) is 0 Å². The number of benzene rings is 2. The van der Waals surface area contributed by atoms with Gasteiger partial charge in [-0.25, -0.2) is 0 Å². The Morgan fingerprint density at radius 3 is 1.54 bits per heavy atom. The Hall–Kier alpha value is -1.98. The van der Waals surface area contributed by atoms with Crippen LogP contribution in [0.1, 0.15) is 40.3 Å². The van der Waals surface area contributed by atoms with E-state index >= 15 is 0 Å². The average Bonchev–Trinajstić information content (AvgIpc) is 2.50. The number of rotatable bonds is 3. The van der Waals surface area contributed by atoms with Gasteiger partial charge in [-0.2, -0.15) is 26.3 Å². The van der Waals surface area contributed by atoms with Gasteiger partial charge in [-0.15, -0.1) is 0 Å². The molecule has 0 fully saturated rings. The molecule has 0 aromatic heterocycles. The SMILES string of the molecule is CCc1cc(C(c2ccc(C)c(C)c2)(C(F)(F)F)C(F)(F)F)ccc1C. The van der Waals surface area contributed by atoms with Crippen molar-refractivity contribution in [1.82, 2.24) is 0 Å². The molecule has 0 amide bonds. The molecule has 0 nitrogen and oxygen atoms in total. The van der Waals surface area contributed by atoms with Crippen molar-refractivity contribution in [3.05, 3.63) is 69.8 Å². The molecule has 142 valence electrons. The van der Waals surface area contributed by atoms with Crippen molar-refractivity contribution in [2.45, 2.75) is 51.9 Å². The summed E-state index contributed by atoms with van der Waals surface area (Å²) in [6.07, 6.45) is -10.8. The third kappa shape index (κ3) is 3.10. The molecule has 0 saturated carbocycles. The van der Waals surface area contributed by atoms with Crippen LogP contribution in [0.2, 0.25) is 0 Å². The molecule has 0 bridgehead atoms. The first kappa shape index (κ1) is 20.3. The lowest BCUT2D eigenvalue weighted by atomic mass is 9.71. The highest BCUT2D eigenvalue weighted by atomic mass is 19.4. The fraction of sp³-hybridized carbons (Fsp3) is 0.400. The van der Waals surface area contributed by atoms with Crippen molar-refractivity contribution in [1.29, 1.82) is 0 Å². The van der Waals surface area contributed by atoms with E-state index in [-0.39, 0.29) is 0 Å². The highest BCUT2D eigenvalue weighted by Crippen LogP contribution is 2.56. The fourth-order valence-corrected chi connectivity index (χ4v) is 3.24. The summed E-state index contributed by atoms with van der Waals surface area (Å²) in [5, 5.41) is 0. The lowest BCUT2D eigenvalue weighted by Crippen LogP contribution is -2.54. The van der Waals surface area contributed by atoms with E-state index < -0.39 is 28.9 Å². The van der Waals surface area contributed by atoms with E-state index in [0.29, 0.717) is 28.7 Å². The van der Waals surface area contributed by atoms with E-state index in [4.69, 9.17) is 0 Å². The molecule has 0 saturated heterocycles. The molecular weight excluding hydrogens is 354 g/mol. The molecule has 0 aliphatic carbocycles. The Kier molecular flexibility index (Phi) is 5.19. The zero-order valence-electron chi connectivity index (χ0n) is 14.9. The summed E-state index contributed by atoms with van der Waals surface area (Å²) < 4.78 is 84.5. The van der Waals surface area contributed by atoms with Crippen LogP contribution in [0.5, 0.6) is 0 Å². The summed E-state index contributed by atoms with van der Waals surface area (Å²) in [6.45, 7) is 6.51. The predicted octanol–water partition coefficient (Wildman–Crippen LogP) is 6.58. The molecule has 0 aliphatic heterocycles. The molecule has 0 atom stereocenters. The van der Waals surface area contributed by atoms with Gasteiger partial charge in [-0.1, -0.05) is 43.3 Å². The van der Waals surface area contributed by atoms with Crippen LogP contribution in [-0.2, 0) is 11.8 Å². The average molecular weight is 374 g/mol. The lowest BCUT2D eigenvalue weighted by Gasteiger charge is -2.39. The lowest BCUT2D eigenvalue weighted by molar-refractivity contribution is -0.288. The molecule has 26 heavy (non-hydrogen) atoms. The molecule has 0 unspecified atom stereocenters. The zero-order chi connectivity index (χ0) is 19.9. The minimum Gasteiger partial charge on any atom is -0.169 e. The van der Waals surface area contributed by atoms with E-state index in [9.17, 15) is 26.3 Å². The van der Waals surface area contributed by atoms with Crippen molar-refractivity contribution in [3.8, 4) is 0 Å². The highest BCUT2D eigenvalue weighted by Gasteiger charge is 2.72. The third-order valence-electron chi connectivity index (χ3n) is 4.95. The molecule has 2 aromatic rings. The van der Waals surface area contributed by atoms with Crippen molar-refractivity contribution >= 4 is 0 Å². The van der Waals surface area contributed by atoms with Crippen LogP contribution in [0.15, 0.2) is 36.4 Å². The first-order chi connectivity index (χ1) is 11.9. The molecule has 0 N–H and O–H groups in total.